The van der Waals surface area contributed by atoms with Crippen molar-refractivity contribution in [3.05, 3.63) is 23.8 Å². The Morgan fingerprint density at radius 1 is 1.39 bits per heavy atom. The largest absolute Gasteiger partial charge is 0.497 e. The summed E-state index contributed by atoms with van der Waals surface area (Å²) in [4.78, 5) is 11.9. The minimum atomic E-state index is -0.796. The van der Waals surface area contributed by atoms with Gasteiger partial charge in [-0.1, -0.05) is 6.92 Å². The molecule has 1 unspecified atom stereocenters. The SMILES string of the molecule is CCCC(=O)C(C#N)c1cc(OC)ccc1OC. The Labute approximate surface area is 107 Å². The van der Waals surface area contributed by atoms with E-state index in [9.17, 15) is 10.1 Å². The molecule has 0 saturated heterocycles. The van der Waals surface area contributed by atoms with Gasteiger partial charge in [-0.15, -0.1) is 0 Å². The second-order valence-corrected chi connectivity index (χ2v) is 3.89. The van der Waals surface area contributed by atoms with E-state index in [1.54, 1.807) is 25.3 Å². The van der Waals surface area contributed by atoms with E-state index in [1.165, 1.54) is 7.11 Å². The van der Waals surface area contributed by atoms with Gasteiger partial charge in [-0.25, -0.2) is 0 Å². The number of benzene rings is 1. The smallest absolute Gasteiger partial charge is 0.154 e. The van der Waals surface area contributed by atoms with Gasteiger partial charge in [-0.3, -0.25) is 4.79 Å². The van der Waals surface area contributed by atoms with Crippen LogP contribution in [0.1, 0.15) is 31.2 Å². The van der Waals surface area contributed by atoms with Crippen LogP contribution in [0, 0.1) is 11.3 Å². The van der Waals surface area contributed by atoms with Crippen molar-refractivity contribution in [2.75, 3.05) is 14.2 Å². The maximum absolute atomic E-state index is 11.9. The normalized spacial score (nSPS) is 11.4. The number of nitriles is 1. The molecule has 0 N–H and O–H groups in total. The minimum absolute atomic E-state index is 0.0912. The topological polar surface area (TPSA) is 59.3 Å². The molecule has 0 saturated carbocycles. The second-order valence-electron chi connectivity index (χ2n) is 3.89. The van der Waals surface area contributed by atoms with Crippen LogP contribution in [0.2, 0.25) is 0 Å². The van der Waals surface area contributed by atoms with Gasteiger partial charge in [-0.05, 0) is 24.6 Å². The number of carbonyl (C=O) groups is 1. The lowest BCUT2D eigenvalue weighted by molar-refractivity contribution is -0.119. The summed E-state index contributed by atoms with van der Waals surface area (Å²) in [7, 11) is 3.06. The Hall–Kier alpha value is -2.02. The van der Waals surface area contributed by atoms with E-state index in [-0.39, 0.29) is 5.78 Å². The molecule has 0 heterocycles. The zero-order valence-electron chi connectivity index (χ0n) is 10.9. The molecule has 0 aliphatic carbocycles. The van der Waals surface area contributed by atoms with Crippen molar-refractivity contribution in [3.63, 3.8) is 0 Å². The molecule has 1 aromatic carbocycles. The molecule has 0 bridgehead atoms. The molecule has 0 spiro atoms. The Balaban J connectivity index is 3.18. The monoisotopic (exact) mass is 247 g/mol. The van der Waals surface area contributed by atoms with Crippen LogP contribution in [0.5, 0.6) is 11.5 Å². The van der Waals surface area contributed by atoms with E-state index in [0.29, 0.717) is 23.5 Å². The molecule has 1 rings (SSSR count). The summed E-state index contributed by atoms with van der Waals surface area (Å²) in [5.41, 5.74) is 0.567. The maximum atomic E-state index is 11.9. The summed E-state index contributed by atoms with van der Waals surface area (Å²) in [5, 5.41) is 9.19. The van der Waals surface area contributed by atoms with Gasteiger partial charge in [0.25, 0.3) is 0 Å². The van der Waals surface area contributed by atoms with Gasteiger partial charge in [0.15, 0.2) is 5.78 Å². The molecule has 4 nitrogen and oxygen atoms in total. The summed E-state index contributed by atoms with van der Waals surface area (Å²) in [6.07, 6.45) is 1.11. The molecule has 1 aromatic rings. The number of Topliss-reactive ketones (excluding diaryl/α,β-unsaturated/α-hetero) is 1. The lowest BCUT2D eigenvalue weighted by Gasteiger charge is -2.14. The fourth-order valence-electron chi connectivity index (χ4n) is 1.77. The van der Waals surface area contributed by atoms with Gasteiger partial charge in [-0.2, -0.15) is 5.26 Å². The van der Waals surface area contributed by atoms with Gasteiger partial charge in [0.05, 0.1) is 20.3 Å². The standard InChI is InChI=1S/C14H17NO3/c1-4-5-13(16)12(9-15)11-8-10(17-2)6-7-14(11)18-3/h6-8,12H,4-5H2,1-3H3. The molecule has 0 radical (unpaired) electrons. The average Bonchev–Trinajstić information content (AvgIpc) is 2.39. The van der Waals surface area contributed by atoms with Crippen LogP contribution < -0.4 is 9.47 Å². The predicted molar refractivity (Wildman–Crippen MR) is 67.8 cm³/mol. The fraction of sp³-hybridized carbons (Fsp3) is 0.429. The Morgan fingerprint density at radius 2 is 2.11 bits per heavy atom. The Bertz CT molecular complexity index is 463. The van der Waals surface area contributed by atoms with Crippen molar-refractivity contribution in [2.24, 2.45) is 0 Å². The first-order chi connectivity index (χ1) is 8.67. The lowest BCUT2D eigenvalue weighted by Crippen LogP contribution is -2.11. The molecule has 0 amide bonds. The van der Waals surface area contributed by atoms with E-state index in [1.807, 2.05) is 13.0 Å². The van der Waals surface area contributed by atoms with E-state index in [0.717, 1.165) is 6.42 Å². The quantitative estimate of drug-likeness (QED) is 0.775. The molecular weight excluding hydrogens is 230 g/mol. The second kappa shape index (κ2) is 6.65. The van der Waals surface area contributed by atoms with E-state index < -0.39 is 5.92 Å². The number of hydrogen-bond acceptors (Lipinski definition) is 4. The van der Waals surface area contributed by atoms with E-state index >= 15 is 0 Å². The first kappa shape index (κ1) is 14.0. The molecule has 96 valence electrons. The molecule has 4 heteroatoms. The van der Waals surface area contributed by atoms with Crippen LogP contribution in [-0.2, 0) is 4.79 Å². The maximum Gasteiger partial charge on any atom is 0.154 e. The summed E-state index contributed by atoms with van der Waals surface area (Å²) in [5.74, 6) is 0.253. The van der Waals surface area contributed by atoms with Crippen LogP contribution in [0.4, 0.5) is 0 Å². The highest BCUT2D eigenvalue weighted by atomic mass is 16.5. The van der Waals surface area contributed by atoms with Crippen molar-refractivity contribution < 1.29 is 14.3 Å². The highest BCUT2D eigenvalue weighted by Gasteiger charge is 2.23. The van der Waals surface area contributed by atoms with Gasteiger partial charge in [0.1, 0.15) is 17.4 Å². The lowest BCUT2D eigenvalue weighted by atomic mass is 9.92. The number of nitrogens with zero attached hydrogens (tertiary/aromatic N) is 1. The first-order valence-corrected chi connectivity index (χ1v) is 5.82. The predicted octanol–water partition coefficient (Wildman–Crippen LogP) is 2.68. The van der Waals surface area contributed by atoms with Gasteiger partial charge in [0.2, 0.25) is 0 Å². The van der Waals surface area contributed by atoms with Crippen LogP contribution in [0.25, 0.3) is 0 Å². The number of methoxy groups -OCH3 is 2. The van der Waals surface area contributed by atoms with Crippen molar-refractivity contribution in [1.82, 2.24) is 0 Å². The molecule has 0 aromatic heterocycles. The number of ether oxygens (including phenoxy) is 2. The summed E-state index contributed by atoms with van der Waals surface area (Å²) in [6.45, 7) is 1.91. The first-order valence-electron chi connectivity index (χ1n) is 5.82. The van der Waals surface area contributed by atoms with Crippen LogP contribution in [0.15, 0.2) is 18.2 Å². The molecular formula is C14H17NO3. The van der Waals surface area contributed by atoms with Crippen LogP contribution in [0.3, 0.4) is 0 Å². The van der Waals surface area contributed by atoms with Crippen molar-refractivity contribution in [1.29, 1.82) is 5.26 Å². The molecule has 0 aliphatic heterocycles. The van der Waals surface area contributed by atoms with Crippen molar-refractivity contribution in [2.45, 2.75) is 25.7 Å². The van der Waals surface area contributed by atoms with Crippen molar-refractivity contribution in [3.8, 4) is 17.6 Å². The summed E-state index contributed by atoms with van der Waals surface area (Å²) < 4.78 is 10.3. The van der Waals surface area contributed by atoms with Gasteiger partial charge in [0, 0.05) is 12.0 Å². The Morgan fingerprint density at radius 3 is 2.61 bits per heavy atom. The van der Waals surface area contributed by atoms with Gasteiger partial charge < -0.3 is 9.47 Å². The fourth-order valence-corrected chi connectivity index (χ4v) is 1.77. The number of hydrogen-bond donors (Lipinski definition) is 0. The van der Waals surface area contributed by atoms with Gasteiger partial charge >= 0.3 is 0 Å². The summed E-state index contributed by atoms with van der Waals surface area (Å²) >= 11 is 0. The average molecular weight is 247 g/mol. The number of carbonyl (C=O) groups excluding carboxylic acids is 1. The number of ketones is 1. The highest BCUT2D eigenvalue weighted by molar-refractivity contribution is 5.89. The summed E-state index contributed by atoms with van der Waals surface area (Å²) in [6, 6.07) is 7.17. The van der Waals surface area contributed by atoms with Crippen LogP contribution >= 0.6 is 0 Å². The Kier molecular flexibility index (Phi) is 5.19. The van der Waals surface area contributed by atoms with Crippen LogP contribution in [-0.4, -0.2) is 20.0 Å². The zero-order valence-corrected chi connectivity index (χ0v) is 10.9. The third-order valence-electron chi connectivity index (χ3n) is 2.70. The molecule has 0 fully saturated rings. The van der Waals surface area contributed by atoms with E-state index in [2.05, 4.69) is 0 Å². The zero-order chi connectivity index (χ0) is 13.5. The molecule has 1 atom stereocenters. The third kappa shape index (κ3) is 3.01. The third-order valence-corrected chi connectivity index (χ3v) is 2.70. The molecule has 18 heavy (non-hydrogen) atoms. The molecule has 0 aliphatic rings. The number of rotatable bonds is 6. The minimum Gasteiger partial charge on any atom is -0.497 e. The highest BCUT2D eigenvalue weighted by Crippen LogP contribution is 2.31. The van der Waals surface area contributed by atoms with Crippen molar-refractivity contribution >= 4 is 5.78 Å². The van der Waals surface area contributed by atoms with E-state index in [4.69, 9.17) is 9.47 Å².